The maximum absolute atomic E-state index is 15.1. The van der Waals surface area contributed by atoms with Gasteiger partial charge in [-0.25, -0.2) is 29.1 Å². The summed E-state index contributed by atoms with van der Waals surface area (Å²) in [5, 5.41) is 12.6. The summed E-state index contributed by atoms with van der Waals surface area (Å²) in [6.07, 6.45) is -1.95. The SMILES string of the molecule is CC(C)(C)OC(=O)Nc1nc(/C(=N/OC(c2ccccc2)(c2ccccc2)c2ccccc2)C(=O)NC2C(=O)N3C(C(=O)OC(c4ccccc4)c4ccccc4)=C(S/C=C\CN(C(=O)OC(C)(C)C)C(=O)OC(C)(C)C)CS[C@H]23)cs1. The fourth-order valence-corrected chi connectivity index (χ4v) is 11.6. The number of amides is 5. The number of oxime groups is 1. The van der Waals surface area contributed by atoms with Crippen LogP contribution in [0.3, 0.4) is 0 Å². The van der Waals surface area contributed by atoms with Crippen LogP contribution in [0.1, 0.15) is 102 Å². The molecule has 0 bridgehead atoms. The Balaban J connectivity index is 1.15. The van der Waals surface area contributed by atoms with Crippen molar-refractivity contribution in [1.29, 1.82) is 0 Å². The van der Waals surface area contributed by atoms with Crippen LogP contribution in [0.2, 0.25) is 0 Å². The fourth-order valence-electron chi connectivity index (χ4n) is 8.59. The predicted molar refractivity (Wildman–Crippen MR) is 318 cm³/mol. The lowest BCUT2D eigenvalue weighted by Gasteiger charge is -2.49. The molecule has 426 valence electrons. The number of carbonyl (C=O) groups excluding carboxylic acids is 6. The third kappa shape index (κ3) is 14.8. The molecular weight excluding hydrogens is 1100 g/mol. The van der Waals surface area contributed by atoms with Gasteiger partial charge < -0.3 is 29.1 Å². The van der Waals surface area contributed by atoms with Gasteiger partial charge in [0.25, 0.3) is 11.8 Å². The number of carbonyl (C=O) groups is 6. The highest BCUT2D eigenvalue weighted by atomic mass is 32.2. The van der Waals surface area contributed by atoms with E-state index in [1.165, 1.54) is 22.0 Å². The molecule has 3 heterocycles. The number of nitrogens with zero attached hydrogens (tertiary/aromatic N) is 4. The van der Waals surface area contributed by atoms with Crippen molar-refractivity contribution < 1.29 is 52.6 Å². The van der Waals surface area contributed by atoms with Gasteiger partial charge >= 0.3 is 24.2 Å². The molecule has 8 rings (SSSR count). The molecule has 1 aromatic heterocycles. The molecule has 82 heavy (non-hydrogen) atoms. The molecule has 2 aliphatic heterocycles. The van der Waals surface area contributed by atoms with Crippen molar-refractivity contribution in [1.82, 2.24) is 20.1 Å². The molecule has 1 unspecified atom stereocenters. The van der Waals surface area contributed by atoms with Crippen molar-refractivity contribution in [2.24, 2.45) is 5.16 Å². The Labute approximate surface area is 489 Å². The number of imide groups is 1. The lowest BCUT2D eigenvalue weighted by atomic mass is 9.80. The fraction of sp³-hybridized carbons (Fsp3) is 0.290. The average Bonchev–Trinajstić information content (AvgIpc) is 3.26. The minimum atomic E-state index is -1.44. The van der Waals surface area contributed by atoms with Crippen LogP contribution in [-0.2, 0) is 43.8 Å². The molecule has 2 atom stereocenters. The van der Waals surface area contributed by atoms with Crippen LogP contribution in [0, 0.1) is 0 Å². The number of β-lactam (4-membered cyclic amide) rings is 1. The van der Waals surface area contributed by atoms with Gasteiger partial charge in [-0.15, -0.1) is 23.1 Å². The Morgan fingerprint density at radius 3 is 1.66 bits per heavy atom. The summed E-state index contributed by atoms with van der Waals surface area (Å²) < 4.78 is 22.9. The van der Waals surface area contributed by atoms with Gasteiger partial charge in [-0.2, -0.15) is 0 Å². The van der Waals surface area contributed by atoms with Crippen molar-refractivity contribution in [3.05, 3.63) is 213 Å². The number of hydrogen-bond donors (Lipinski definition) is 2. The van der Waals surface area contributed by atoms with Crippen LogP contribution in [-0.4, -0.2) is 97.1 Å². The first-order valence-corrected chi connectivity index (χ1v) is 29.1. The molecule has 0 spiro atoms. The molecule has 6 aromatic rings. The lowest BCUT2D eigenvalue weighted by Crippen LogP contribution is -2.71. The molecule has 5 aromatic carbocycles. The molecule has 1 saturated heterocycles. The van der Waals surface area contributed by atoms with Gasteiger partial charge in [-0.05, 0) is 78.8 Å². The van der Waals surface area contributed by atoms with Gasteiger partial charge in [0.2, 0.25) is 5.60 Å². The quantitative estimate of drug-likeness (QED) is 0.0218. The van der Waals surface area contributed by atoms with Crippen molar-refractivity contribution in [3.8, 4) is 0 Å². The first-order valence-electron chi connectivity index (χ1n) is 26.2. The molecule has 0 aliphatic carbocycles. The third-order valence-electron chi connectivity index (χ3n) is 12.0. The Morgan fingerprint density at radius 2 is 1.18 bits per heavy atom. The minimum absolute atomic E-state index is 0.0102. The number of thiazole rings is 1. The van der Waals surface area contributed by atoms with E-state index >= 15 is 4.79 Å². The molecule has 17 nitrogen and oxygen atoms in total. The topological polar surface area (TPSA) is 204 Å². The number of thioether (sulfide) groups is 2. The number of benzene rings is 5. The third-order valence-corrected chi connectivity index (χ3v) is 15.2. The minimum Gasteiger partial charge on any atom is -0.448 e. The van der Waals surface area contributed by atoms with E-state index in [0.717, 1.165) is 28.0 Å². The first-order chi connectivity index (χ1) is 39.0. The molecule has 2 aliphatic rings. The molecule has 0 saturated carbocycles. The standard InChI is InChI=1S/C62H64N6O11S3/c1-59(2,3)76-56(72)65-55-63-45(38-82-55)47(66-79-62(42-30-19-12-20-31-42,43-32-21-13-22-33-43)44-34-23-14-24-35-44)51(69)64-48-52(70)68-49(54(71)75-50(40-26-15-10-16-27-40)41-28-17-11-18-29-41)46(39-81-53(48)68)80-37-25-36-67(57(73)77-60(4,5)6)58(74)78-61(7,8)9/h10-35,37-38,48,50,53H,36,39H2,1-9H3,(H,64,69)(H,63,65,72)/b37-25-,66-47-/t48?,53-/m1/s1. The number of ether oxygens (including phenoxy) is 4. The lowest BCUT2D eigenvalue weighted by molar-refractivity contribution is -0.154. The summed E-state index contributed by atoms with van der Waals surface area (Å²) in [6.45, 7) is 15.0. The molecule has 5 amide bonds. The van der Waals surface area contributed by atoms with Crippen molar-refractivity contribution >= 4 is 81.8 Å². The van der Waals surface area contributed by atoms with E-state index in [1.807, 2.05) is 152 Å². The second kappa shape index (κ2) is 25.7. The predicted octanol–water partition coefficient (Wildman–Crippen LogP) is 12.6. The zero-order valence-corrected chi connectivity index (χ0v) is 49.3. The van der Waals surface area contributed by atoms with E-state index in [0.29, 0.717) is 32.7 Å². The molecule has 20 heteroatoms. The first kappa shape index (κ1) is 59.9. The maximum Gasteiger partial charge on any atom is 0.420 e. The normalized spacial score (nSPS) is 15.7. The van der Waals surface area contributed by atoms with E-state index in [4.69, 9.17) is 23.8 Å². The number of nitrogens with one attached hydrogen (secondary N) is 2. The second-order valence-corrected chi connectivity index (χ2v) is 24.7. The van der Waals surface area contributed by atoms with Gasteiger partial charge in [-0.3, -0.25) is 19.8 Å². The molecule has 1 fully saturated rings. The smallest absolute Gasteiger partial charge is 0.420 e. The van der Waals surface area contributed by atoms with Crippen LogP contribution in [0.4, 0.5) is 19.5 Å². The van der Waals surface area contributed by atoms with Crippen molar-refractivity contribution in [2.45, 2.75) is 102 Å². The van der Waals surface area contributed by atoms with Gasteiger partial charge in [0.15, 0.2) is 16.9 Å². The molecule has 2 N–H and O–H groups in total. The van der Waals surface area contributed by atoms with Crippen LogP contribution in [0.5, 0.6) is 0 Å². The average molecular weight is 1170 g/mol. The van der Waals surface area contributed by atoms with E-state index in [2.05, 4.69) is 20.8 Å². The van der Waals surface area contributed by atoms with Gasteiger partial charge in [0.05, 0.1) is 6.54 Å². The van der Waals surface area contributed by atoms with E-state index in [9.17, 15) is 24.0 Å². The summed E-state index contributed by atoms with van der Waals surface area (Å²) in [7, 11) is 0. The van der Waals surface area contributed by atoms with Crippen molar-refractivity contribution in [3.63, 3.8) is 0 Å². The summed E-state index contributed by atoms with van der Waals surface area (Å²) in [5.41, 5.74) is -1.06. The number of hydrogen-bond acceptors (Lipinski definition) is 16. The molecular formula is C62H64N6O11S3. The number of rotatable bonds is 17. The van der Waals surface area contributed by atoms with Gasteiger partial charge in [0, 0.05) is 32.7 Å². The highest BCUT2D eigenvalue weighted by Crippen LogP contribution is 2.45. The summed E-state index contributed by atoms with van der Waals surface area (Å²) in [4.78, 5) is 98.5. The number of anilines is 1. The van der Waals surface area contributed by atoms with E-state index in [-0.39, 0.29) is 34.5 Å². The zero-order valence-electron chi connectivity index (χ0n) is 46.8. The van der Waals surface area contributed by atoms with Crippen LogP contribution in [0.25, 0.3) is 0 Å². The van der Waals surface area contributed by atoms with Crippen LogP contribution < -0.4 is 10.6 Å². The second-order valence-electron chi connectivity index (χ2n) is 21.8. The van der Waals surface area contributed by atoms with Crippen LogP contribution >= 0.6 is 34.9 Å². The Hall–Kier alpha value is -8.20. The van der Waals surface area contributed by atoms with Crippen LogP contribution in [0.15, 0.2) is 184 Å². The molecule has 0 radical (unpaired) electrons. The maximum atomic E-state index is 15.1. The summed E-state index contributed by atoms with van der Waals surface area (Å²) in [5.74, 6) is -2.13. The number of aromatic nitrogens is 1. The largest absolute Gasteiger partial charge is 0.448 e. The number of esters is 1. The number of fused-ring (bicyclic) bond motifs is 1. The summed E-state index contributed by atoms with van der Waals surface area (Å²) >= 11 is 3.41. The van der Waals surface area contributed by atoms with Crippen molar-refractivity contribution in [2.75, 3.05) is 17.6 Å². The Kier molecular flexibility index (Phi) is 18.8. The van der Waals surface area contributed by atoms with E-state index in [1.54, 1.807) is 73.8 Å². The highest BCUT2D eigenvalue weighted by Gasteiger charge is 2.55. The Bertz CT molecular complexity index is 3180. The zero-order chi connectivity index (χ0) is 58.8. The Morgan fingerprint density at radius 1 is 0.707 bits per heavy atom. The monoisotopic (exact) mass is 1160 g/mol. The summed E-state index contributed by atoms with van der Waals surface area (Å²) in [6, 6.07) is 45.4. The van der Waals surface area contributed by atoms with Gasteiger partial charge in [-0.1, -0.05) is 175 Å². The van der Waals surface area contributed by atoms with Gasteiger partial charge in [0.1, 0.15) is 39.6 Å². The van der Waals surface area contributed by atoms with E-state index < -0.39 is 76.0 Å². The highest BCUT2D eigenvalue weighted by molar-refractivity contribution is 8.08.